The summed E-state index contributed by atoms with van der Waals surface area (Å²) in [7, 11) is -3.82. The van der Waals surface area contributed by atoms with Crippen LogP contribution in [-0.2, 0) is 10.0 Å². The van der Waals surface area contributed by atoms with Crippen molar-refractivity contribution in [2.75, 3.05) is 11.5 Å². The van der Waals surface area contributed by atoms with Gasteiger partial charge in [0.05, 0.1) is 5.69 Å². The Hall–Kier alpha value is -2.76. The molecule has 8 nitrogen and oxygen atoms in total. The van der Waals surface area contributed by atoms with Crippen molar-refractivity contribution in [2.24, 2.45) is 0 Å². The van der Waals surface area contributed by atoms with Gasteiger partial charge in [-0.1, -0.05) is 17.4 Å². The molecule has 1 aliphatic rings. The van der Waals surface area contributed by atoms with Gasteiger partial charge in [0.25, 0.3) is 10.0 Å². The number of benzene rings is 1. The monoisotopic (exact) mass is 438 g/mol. The predicted octanol–water partition coefficient (Wildman–Crippen LogP) is 3.14. The van der Waals surface area contributed by atoms with Crippen molar-refractivity contribution in [2.45, 2.75) is 11.1 Å². The molecule has 1 aromatic carbocycles. The third-order valence-corrected chi connectivity index (χ3v) is 7.58. The van der Waals surface area contributed by atoms with Gasteiger partial charge in [0.1, 0.15) is 4.21 Å². The number of phenols is 1. The Bertz CT molecular complexity index is 1220. The van der Waals surface area contributed by atoms with E-state index < -0.39 is 10.0 Å². The molecule has 0 fully saturated rings. The van der Waals surface area contributed by atoms with E-state index >= 15 is 0 Å². The molecule has 3 heterocycles. The van der Waals surface area contributed by atoms with E-state index in [4.69, 9.17) is 9.47 Å². The number of aromatic hydroxyl groups is 1. The number of aryl methyl sites for hydroxylation is 1. The van der Waals surface area contributed by atoms with Gasteiger partial charge in [0.15, 0.2) is 11.5 Å². The van der Waals surface area contributed by atoms with Crippen molar-refractivity contribution < 1.29 is 23.0 Å². The second-order valence-electron chi connectivity index (χ2n) is 5.79. The molecule has 0 bridgehead atoms. The number of hydrogen-bond donors (Lipinski definition) is 2. The molecule has 3 aromatic rings. The molecule has 0 radical (unpaired) electrons. The van der Waals surface area contributed by atoms with Crippen molar-refractivity contribution in [1.82, 2.24) is 4.57 Å². The fraction of sp³-hybridized carbons (Fsp3) is 0.118. The normalized spacial score (nSPS) is 13.3. The van der Waals surface area contributed by atoms with E-state index in [9.17, 15) is 18.3 Å². The average molecular weight is 439 g/mol. The summed E-state index contributed by atoms with van der Waals surface area (Å²) in [6.45, 7) is 1.63. The first kappa shape index (κ1) is 18.6. The quantitative estimate of drug-likeness (QED) is 0.593. The predicted molar refractivity (Wildman–Crippen MR) is 108 cm³/mol. The lowest BCUT2D eigenvalue weighted by Gasteiger charge is -2.12. The topological polar surface area (TPSA) is 107 Å². The van der Waals surface area contributed by atoms with Crippen LogP contribution in [0.15, 0.2) is 38.0 Å². The lowest BCUT2D eigenvalue weighted by Crippen LogP contribution is -2.12. The zero-order valence-electron chi connectivity index (χ0n) is 14.4. The van der Waals surface area contributed by atoms with Crippen molar-refractivity contribution in [3.8, 4) is 17.2 Å². The third-order valence-electron chi connectivity index (χ3n) is 3.96. The first-order chi connectivity index (χ1) is 13.4. The molecule has 0 saturated carbocycles. The van der Waals surface area contributed by atoms with Crippen LogP contribution in [0.4, 0.5) is 5.69 Å². The Balaban J connectivity index is 1.77. The summed E-state index contributed by atoms with van der Waals surface area (Å²) in [6, 6.07) is 4.55. The molecule has 1 aliphatic heterocycles. The summed E-state index contributed by atoms with van der Waals surface area (Å²) in [4.78, 5) is 11.7. The number of rotatable bonds is 5. The van der Waals surface area contributed by atoms with Crippen molar-refractivity contribution >= 4 is 50.7 Å². The smallest absolute Gasteiger partial charge is 0.311 e. The van der Waals surface area contributed by atoms with Gasteiger partial charge in [-0.25, -0.2) is 8.42 Å². The fourth-order valence-corrected chi connectivity index (χ4v) is 5.37. The molecule has 0 atom stereocenters. The summed E-state index contributed by atoms with van der Waals surface area (Å²) < 4.78 is 39.8. The number of aromatic nitrogens is 1. The Morgan fingerprint density at radius 2 is 2.07 bits per heavy atom. The lowest BCUT2D eigenvalue weighted by atomic mass is 10.1. The summed E-state index contributed by atoms with van der Waals surface area (Å²) in [5.74, 6) is -0.0529. The largest absolute Gasteiger partial charge is 0.504 e. The highest BCUT2D eigenvalue weighted by Gasteiger charge is 2.27. The molecule has 0 amide bonds. The maximum atomic E-state index is 12.6. The highest BCUT2D eigenvalue weighted by molar-refractivity contribution is 7.94. The van der Waals surface area contributed by atoms with Gasteiger partial charge in [0, 0.05) is 22.8 Å². The standard InChI is InChI=1S/C17H14N2O6S3/c1-10-8-27-17(21)19(10)5-4-11-7-12(15-16(14(11)20)25-9-24-15)18-28(22,23)13-3-2-6-26-13/h2-8,18,20H,9H2,1H3/b5-4+. The molecular formula is C17H14N2O6S3. The van der Waals surface area contributed by atoms with Gasteiger partial charge in [-0.3, -0.25) is 14.1 Å². The van der Waals surface area contributed by atoms with E-state index in [-0.39, 0.29) is 44.4 Å². The molecule has 0 aliphatic carbocycles. The second-order valence-corrected chi connectivity index (χ2v) is 9.47. The van der Waals surface area contributed by atoms with Crippen molar-refractivity contribution in [3.05, 3.63) is 49.9 Å². The zero-order valence-corrected chi connectivity index (χ0v) is 16.9. The van der Waals surface area contributed by atoms with E-state index in [2.05, 4.69) is 4.72 Å². The zero-order chi connectivity index (χ0) is 19.9. The molecule has 4 rings (SSSR count). The van der Waals surface area contributed by atoms with Crippen LogP contribution >= 0.6 is 22.7 Å². The molecule has 0 unspecified atom stereocenters. The number of fused-ring (bicyclic) bond motifs is 1. The van der Waals surface area contributed by atoms with Crippen LogP contribution in [0.25, 0.3) is 12.3 Å². The van der Waals surface area contributed by atoms with Crippen LogP contribution in [0, 0.1) is 6.92 Å². The van der Waals surface area contributed by atoms with Crippen molar-refractivity contribution in [3.63, 3.8) is 0 Å². The van der Waals surface area contributed by atoms with Gasteiger partial charge in [-0.05, 0) is 30.5 Å². The molecule has 11 heteroatoms. The lowest BCUT2D eigenvalue weighted by molar-refractivity contribution is 0.171. The van der Waals surface area contributed by atoms with Gasteiger partial charge in [0.2, 0.25) is 12.5 Å². The van der Waals surface area contributed by atoms with E-state index in [0.29, 0.717) is 0 Å². The first-order valence-electron chi connectivity index (χ1n) is 7.93. The molecule has 0 saturated heterocycles. The summed E-state index contributed by atoms with van der Waals surface area (Å²) >= 11 is 2.14. The molecule has 0 spiro atoms. The number of thiazole rings is 1. The Morgan fingerprint density at radius 3 is 2.75 bits per heavy atom. The Labute approximate surface area is 168 Å². The number of sulfonamides is 1. The molecular weight excluding hydrogens is 424 g/mol. The van der Waals surface area contributed by atoms with E-state index in [1.807, 2.05) is 0 Å². The van der Waals surface area contributed by atoms with Crippen molar-refractivity contribution in [1.29, 1.82) is 0 Å². The highest BCUT2D eigenvalue weighted by Crippen LogP contribution is 2.48. The average Bonchev–Trinajstić information content (AvgIpc) is 3.39. The van der Waals surface area contributed by atoms with Crippen LogP contribution in [0.2, 0.25) is 0 Å². The second kappa shape index (κ2) is 7.00. The first-order valence-corrected chi connectivity index (χ1v) is 11.2. The van der Waals surface area contributed by atoms with Crippen LogP contribution in [0.5, 0.6) is 17.2 Å². The number of thiophene rings is 1. The van der Waals surface area contributed by atoms with Gasteiger partial charge in [-0.15, -0.1) is 11.3 Å². The molecule has 28 heavy (non-hydrogen) atoms. The SMILES string of the molecule is Cc1csc(=O)n1/C=C/c1cc(NS(=O)(=O)c2cccs2)c2c(c1O)OCO2. The Morgan fingerprint density at radius 1 is 1.29 bits per heavy atom. The summed E-state index contributed by atoms with van der Waals surface area (Å²) in [5, 5.41) is 13.8. The van der Waals surface area contributed by atoms with E-state index in [1.54, 1.807) is 23.8 Å². The molecule has 2 N–H and O–H groups in total. The minimum Gasteiger partial charge on any atom is -0.504 e. The van der Waals surface area contributed by atoms with Crippen LogP contribution in [0.3, 0.4) is 0 Å². The minimum absolute atomic E-state index is 0.0421. The van der Waals surface area contributed by atoms with Gasteiger partial charge < -0.3 is 14.6 Å². The van der Waals surface area contributed by atoms with Crippen LogP contribution in [-0.4, -0.2) is 24.9 Å². The van der Waals surface area contributed by atoms with Crippen LogP contribution < -0.4 is 19.1 Å². The number of ether oxygens (including phenoxy) is 2. The molecule has 146 valence electrons. The number of nitrogens with zero attached hydrogens (tertiary/aromatic N) is 1. The number of hydrogen-bond acceptors (Lipinski definition) is 8. The number of anilines is 1. The van der Waals surface area contributed by atoms with E-state index in [1.165, 1.54) is 29.0 Å². The maximum Gasteiger partial charge on any atom is 0.311 e. The molecule has 2 aromatic heterocycles. The van der Waals surface area contributed by atoms with E-state index in [0.717, 1.165) is 28.4 Å². The van der Waals surface area contributed by atoms with Crippen LogP contribution in [0.1, 0.15) is 11.3 Å². The number of nitrogens with one attached hydrogen (secondary N) is 1. The summed E-state index contributed by atoms with van der Waals surface area (Å²) in [6.07, 6.45) is 3.00. The van der Waals surface area contributed by atoms with Gasteiger partial charge in [-0.2, -0.15) is 0 Å². The summed E-state index contributed by atoms with van der Waals surface area (Å²) in [5.41, 5.74) is 1.14. The fourth-order valence-electron chi connectivity index (χ4n) is 2.62. The maximum absolute atomic E-state index is 12.6. The Kier molecular flexibility index (Phi) is 4.65. The third kappa shape index (κ3) is 3.28. The number of phenolic OH excluding ortho intramolecular Hbond substituents is 1. The van der Waals surface area contributed by atoms with Gasteiger partial charge >= 0.3 is 4.87 Å². The highest BCUT2D eigenvalue weighted by atomic mass is 32.2. The minimum atomic E-state index is -3.82.